The van der Waals surface area contributed by atoms with Gasteiger partial charge in [-0.1, -0.05) is 48.0 Å². The highest BCUT2D eigenvalue weighted by atomic mass is 35.5. The van der Waals surface area contributed by atoms with Crippen LogP contribution >= 0.6 is 11.6 Å². The van der Waals surface area contributed by atoms with Crippen LogP contribution in [-0.2, 0) is 9.53 Å². The minimum atomic E-state index is -0.959. The smallest absolute Gasteiger partial charge is 0.332 e. The lowest BCUT2D eigenvalue weighted by atomic mass is 10.0. The minimum absolute atomic E-state index is 0.268. The zero-order chi connectivity index (χ0) is 15.4. The van der Waals surface area contributed by atoms with Crippen LogP contribution in [-0.4, -0.2) is 17.2 Å². The molecule has 1 N–H and O–H groups in total. The van der Waals surface area contributed by atoms with Gasteiger partial charge in [0, 0.05) is 5.02 Å². The Bertz CT molecular complexity index is 605. The summed E-state index contributed by atoms with van der Waals surface area (Å²) >= 11 is 5.88. The van der Waals surface area contributed by atoms with E-state index in [-0.39, 0.29) is 6.10 Å². The number of rotatable bonds is 5. The molecule has 0 saturated carbocycles. The molecule has 110 valence electrons. The van der Waals surface area contributed by atoms with Crippen LogP contribution in [0, 0.1) is 0 Å². The van der Waals surface area contributed by atoms with Gasteiger partial charge in [-0.25, -0.2) is 4.79 Å². The van der Waals surface area contributed by atoms with Crippen LogP contribution in [0.15, 0.2) is 48.5 Å². The predicted molar refractivity (Wildman–Crippen MR) is 83.5 cm³/mol. The first kappa shape index (κ1) is 15.5. The van der Waals surface area contributed by atoms with Gasteiger partial charge in [0.05, 0.1) is 6.10 Å². The molecule has 0 aliphatic heterocycles. The van der Waals surface area contributed by atoms with E-state index in [9.17, 15) is 4.79 Å². The van der Waals surface area contributed by atoms with E-state index < -0.39 is 12.1 Å². The summed E-state index contributed by atoms with van der Waals surface area (Å²) in [6.07, 6.45) is -1.09. The summed E-state index contributed by atoms with van der Waals surface area (Å²) in [5, 5.41) is 9.57. The van der Waals surface area contributed by atoms with Crippen molar-refractivity contribution in [3.8, 4) is 11.1 Å². The van der Waals surface area contributed by atoms with Crippen molar-refractivity contribution in [1.82, 2.24) is 0 Å². The highest BCUT2D eigenvalue weighted by Gasteiger charge is 2.16. The van der Waals surface area contributed by atoms with Crippen LogP contribution in [0.25, 0.3) is 11.1 Å². The molecule has 0 amide bonds. The summed E-state index contributed by atoms with van der Waals surface area (Å²) in [5.41, 5.74) is 3.10. The van der Waals surface area contributed by atoms with E-state index in [0.29, 0.717) is 5.02 Å². The van der Waals surface area contributed by atoms with Gasteiger partial charge in [0.1, 0.15) is 0 Å². The number of aliphatic carboxylic acids is 1. The van der Waals surface area contributed by atoms with Crippen molar-refractivity contribution >= 4 is 17.6 Å². The fraction of sp³-hybridized carbons (Fsp3) is 0.235. The second kappa shape index (κ2) is 6.74. The number of hydrogen-bond acceptors (Lipinski definition) is 2. The van der Waals surface area contributed by atoms with Crippen LogP contribution in [0.2, 0.25) is 5.02 Å². The van der Waals surface area contributed by atoms with Gasteiger partial charge in [0.25, 0.3) is 0 Å². The lowest BCUT2D eigenvalue weighted by Crippen LogP contribution is -2.21. The molecule has 0 spiro atoms. The lowest BCUT2D eigenvalue weighted by molar-refractivity contribution is -0.152. The van der Waals surface area contributed by atoms with Crippen LogP contribution in [0.4, 0.5) is 0 Å². The molecule has 2 atom stereocenters. The standard InChI is InChI=1S/C17H17ClO3/c1-11(21-12(2)17(19)20)13-3-5-14(6-4-13)15-7-9-16(18)10-8-15/h3-12H,1-2H3,(H,19,20). The molecular weight excluding hydrogens is 288 g/mol. The Morgan fingerprint density at radius 2 is 1.48 bits per heavy atom. The molecule has 0 aliphatic rings. The van der Waals surface area contributed by atoms with Gasteiger partial charge in [0.2, 0.25) is 0 Å². The Balaban J connectivity index is 2.11. The number of carbonyl (C=O) groups is 1. The molecule has 0 aliphatic carbocycles. The number of carboxylic acids is 1. The largest absolute Gasteiger partial charge is 0.479 e. The van der Waals surface area contributed by atoms with E-state index in [0.717, 1.165) is 16.7 Å². The third-order valence-electron chi connectivity index (χ3n) is 3.31. The molecule has 0 saturated heterocycles. The molecule has 21 heavy (non-hydrogen) atoms. The van der Waals surface area contributed by atoms with Gasteiger partial charge in [0.15, 0.2) is 6.10 Å². The van der Waals surface area contributed by atoms with Crippen LogP contribution in [0.1, 0.15) is 25.5 Å². The van der Waals surface area contributed by atoms with Crippen molar-refractivity contribution in [3.63, 3.8) is 0 Å². The lowest BCUT2D eigenvalue weighted by Gasteiger charge is -2.17. The summed E-state index contributed by atoms with van der Waals surface area (Å²) in [4.78, 5) is 10.8. The fourth-order valence-electron chi connectivity index (χ4n) is 2.03. The summed E-state index contributed by atoms with van der Waals surface area (Å²) in [5.74, 6) is -0.959. The average Bonchev–Trinajstić information content (AvgIpc) is 2.48. The van der Waals surface area contributed by atoms with Gasteiger partial charge in [-0.2, -0.15) is 0 Å². The molecule has 0 fully saturated rings. The molecule has 2 rings (SSSR count). The third-order valence-corrected chi connectivity index (χ3v) is 3.57. The SMILES string of the molecule is CC(OC(C)c1ccc(-c2ccc(Cl)cc2)cc1)C(=O)O. The molecule has 0 heterocycles. The molecule has 2 aromatic carbocycles. The van der Waals surface area contributed by atoms with Gasteiger partial charge in [-0.3, -0.25) is 0 Å². The first-order valence-corrected chi connectivity index (χ1v) is 7.09. The van der Waals surface area contributed by atoms with Crippen molar-refractivity contribution in [1.29, 1.82) is 0 Å². The van der Waals surface area contributed by atoms with Gasteiger partial charge < -0.3 is 9.84 Å². The Kier molecular flexibility index (Phi) is 4.99. The highest BCUT2D eigenvalue weighted by Crippen LogP contribution is 2.25. The normalized spacial score (nSPS) is 13.7. The second-order valence-corrected chi connectivity index (χ2v) is 5.32. The molecular formula is C17H17ClO3. The Morgan fingerprint density at radius 3 is 1.95 bits per heavy atom. The molecule has 2 unspecified atom stereocenters. The number of hydrogen-bond donors (Lipinski definition) is 1. The van der Waals surface area contributed by atoms with Gasteiger partial charge >= 0.3 is 5.97 Å². The molecule has 0 bridgehead atoms. The van der Waals surface area contributed by atoms with Crippen LogP contribution in [0.5, 0.6) is 0 Å². The monoisotopic (exact) mass is 304 g/mol. The summed E-state index contributed by atoms with van der Waals surface area (Å²) in [6.45, 7) is 3.37. The molecule has 0 radical (unpaired) electrons. The number of carboxylic acid groups (broad SMARTS) is 1. The highest BCUT2D eigenvalue weighted by molar-refractivity contribution is 6.30. The maximum Gasteiger partial charge on any atom is 0.332 e. The zero-order valence-electron chi connectivity index (χ0n) is 11.9. The molecule has 0 aromatic heterocycles. The summed E-state index contributed by atoms with van der Waals surface area (Å²) < 4.78 is 5.44. The first-order valence-electron chi connectivity index (χ1n) is 6.71. The molecule has 4 heteroatoms. The molecule has 3 nitrogen and oxygen atoms in total. The van der Waals surface area contributed by atoms with Crippen molar-refractivity contribution in [2.45, 2.75) is 26.1 Å². The topological polar surface area (TPSA) is 46.5 Å². The Hall–Kier alpha value is -1.84. The van der Waals surface area contributed by atoms with E-state index in [1.807, 2.05) is 55.5 Å². The maximum absolute atomic E-state index is 10.8. The van der Waals surface area contributed by atoms with E-state index in [4.69, 9.17) is 21.4 Å². The van der Waals surface area contributed by atoms with Crippen molar-refractivity contribution in [2.24, 2.45) is 0 Å². The Labute approximate surface area is 129 Å². The minimum Gasteiger partial charge on any atom is -0.479 e. The van der Waals surface area contributed by atoms with Gasteiger partial charge in [-0.05, 0) is 42.7 Å². The van der Waals surface area contributed by atoms with E-state index in [1.165, 1.54) is 6.92 Å². The van der Waals surface area contributed by atoms with E-state index in [2.05, 4.69) is 0 Å². The van der Waals surface area contributed by atoms with E-state index >= 15 is 0 Å². The number of ether oxygens (including phenoxy) is 1. The van der Waals surface area contributed by atoms with Crippen molar-refractivity contribution < 1.29 is 14.6 Å². The summed E-state index contributed by atoms with van der Waals surface area (Å²) in [7, 11) is 0. The zero-order valence-corrected chi connectivity index (χ0v) is 12.7. The number of benzene rings is 2. The third kappa shape index (κ3) is 4.06. The van der Waals surface area contributed by atoms with Crippen LogP contribution < -0.4 is 0 Å². The van der Waals surface area contributed by atoms with Gasteiger partial charge in [-0.15, -0.1) is 0 Å². The van der Waals surface area contributed by atoms with E-state index in [1.54, 1.807) is 0 Å². The first-order chi connectivity index (χ1) is 9.97. The molecule has 2 aromatic rings. The number of halogens is 1. The maximum atomic E-state index is 10.8. The predicted octanol–water partition coefficient (Wildman–Crippen LogP) is 4.56. The summed E-state index contributed by atoms with van der Waals surface area (Å²) in [6, 6.07) is 15.5. The Morgan fingerprint density at radius 1 is 1.00 bits per heavy atom. The second-order valence-electron chi connectivity index (χ2n) is 4.89. The quantitative estimate of drug-likeness (QED) is 0.881. The van der Waals surface area contributed by atoms with Crippen molar-refractivity contribution in [2.75, 3.05) is 0 Å². The van der Waals surface area contributed by atoms with Crippen LogP contribution in [0.3, 0.4) is 0 Å². The average molecular weight is 305 g/mol. The van der Waals surface area contributed by atoms with Crippen molar-refractivity contribution in [3.05, 3.63) is 59.1 Å². The fourth-order valence-corrected chi connectivity index (χ4v) is 2.16.